The molecule has 0 aliphatic carbocycles. The van der Waals surface area contributed by atoms with Crippen molar-refractivity contribution in [1.82, 2.24) is 4.90 Å². The van der Waals surface area contributed by atoms with Crippen molar-refractivity contribution in [3.63, 3.8) is 0 Å². The summed E-state index contributed by atoms with van der Waals surface area (Å²) in [6.07, 6.45) is 5.55. The van der Waals surface area contributed by atoms with Gasteiger partial charge in [-0.25, -0.2) is 8.42 Å². The smallest absolute Gasteiger partial charge is 0.222 e. The number of nitrogens with zero attached hydrogens (tertiary/aromatic N) is 1. The molecule has 0 aromatic heterocycles. The van der Waals surface area contributed by atoms with Crippen LogP contribution in [0.5, 0.6) is 0 Å². The molecule has 2 N–H and O–H groups in total. The molecular weight excluding hydrogens is 300 g/mol. The lowest BCUT2D eigenvalue weighted by Gasteiger charge is -2.29. The van der Waals surface area contributed by atoms with Gasteiger partial charge in [-0.05, 0) is 33.2 Å². The van der Waals surface area contributed by atoms with Crippen molar-refractivity contribution in [3.05, 3.63) is 0 Å². The van der Waals surface area contributed by atoms with Gasteiger partial charge in [-0.2, -0.15) is 0 Å². The average Bonchev–Trinajstić information content (AvgIpc) is 2.34. The number of carbonyl (C=O) groups is 1. The van der Waals surface area contributed by atoms with E-state index in [0.717, 1.165) is 25.7 Å². The minimum atomic E-state index is -3.12. The number of unbranched alkanes of at least 4 members (excludes halogenated alkanes) is 3. The maximum Gasteiger partial charge on any atom is 0.222 e. The highest BCUT2D eigenvalue weighted by molar-refractivity contribution is 7.91. The van der Waals surface area contributed by atoms with E-state index >= 15 is 0 Å². The second-order valence-corrected chi connectivity index (χ2v) is 7.64. The molecule has 0 bridgehead atoms. The Morgan fingerprint density at radius 2 is 1.65 bits per heavy atom. The first-order valence-electron chi connectivity index (χ1n) is 6.86. The normalized spacial score (nSPS) is 14.2. The molecule has 0 spiro atoms. The summed E-state index contributed by atoms with van der Waals surface area (Å²) in [7, 11) is -1.45. The Balaban J connectivity index is 0. The van der Waals surface area contributed by atoms with Crippen LogP contribution in [0.15, 0.2) is 0 Å². The molecule has 20 heavy (non-hydrogen) atoms. The van der Waals surface area contributed by atoms with Crippen LogP contribution in [-0.2, 0) is 14.6 Å². The van der Waals surface area contributed by atoms with Crippen LogP contribution in [0.25, 0.3) is 0 Å². The molecular formula is C13H29ClN2O3S. The number of nitrogens with two attached hydrogens (primary N) is 1. The van der Waals surface area contributed by atoms with Crippen molar-refractivity contribution in [2.24, 2.45) is 5.73 Å². The second kappa shape index (κ2) is 10.4. The molecule has 2 atom stereocenters. The molecule has 0 aliphatic heterocycles. The van der Waals surface area contributed by atoms with Crippen molar-refractivity contribution >= 4 is 28.2 Å². The van der Waals surface area contributed by atoms with Gasteiger partial charge >= 0.3 is 0 Å². The van der Waals surface area contributed by atoms with E-state index in [1.807, 2.05) is 0 Å². The summed E-state index contributed by atoms with van der Waals surface area (Å²) in [4.78, 5) is 13.5. The van der Waals surface area contributed by atoms with Gasteiger partial charge in [-0.3, -0.25) is 4.79 Å². The van der Waals surface area contributed by atoms with Gasteiger partial charge in [0, 0.05) is 25.8 Å². The monoisotopic (exact) mass is 328 g/mol. The van der Waals surface area contributed by atoms with Gasteiger partial charge in [0.25, 0.3) is 0 Å². The van der Waals surface area contributed by atoms with Crippen LogP contribution < -0.4 is 5.73 Å². The Morgan fingerprint density at radius 3 is 2.10 bits per heavy atom. The van der Waals surface area contributed by atoms with Crippen LogP contribution in [0.3, 0.4) is 0 Å². The largest absolute Gasteiger partial charge is 0.342 e. The van der Waals surface area contributed by atoms with Crippen molar-refractivity contribution in [3.8, 4) is 0 Å². The van der Waals surface area contributed by atoms with E-state index in [4.69, 9.17) is 5.73 Å². The summed E-state index contributed by atoms with van der Waals surface area (Å²) in [5, 5.41) is -0.543. The standard InChI is InChI=1S/C13H28N2O3S.ClH/c1-11(12(2)19(4,17)18)15(3)13(16)9-7-5-6-8-10-14;/h11-12H,5-10,14H2,1-4H3;1H. The molecule has 7 heteroatoms. The molecule has 0 rings (SSSR count). The number of rotatable bonds is 9. The Hall–Kier alpha value is -0.330. The summed E-state index contributed by atoms with van der Waals surface area (Å²) >= 11 is 0. The van der Waals surface area contributed by atoms with Crippen LogP contribution in [0.1, 0.15) is 46.0 Å². The fourth-order valence-electron chi connectivity index (χ4n) is 1.85. The third-order valence-electron chi connectivity index (χ3n) is 3.70. The SMILES string of the molecule is CC(C(C)S(C)(=O)=O)N(C)C(=O)CCCCCCN.Cl. The number of sulfone groups is 1. The maximum atomic E-state index is 12.0. The molecule has 0 saturated heterocycles. The number of hydrogen-bond donors (Lipinski definition) is 1. The minimum Gasteiger partial charge on any atom is -0.342 e. The van der Waals surface area contributed by atoms with Gasteiger partial charge in [0.15, 0.2) is 9.84 Å². The summed E-state index contributed by atoms with van der Waals surface area (Å²) in [5.74, 6) is 0.00995. The minimum absolute atomic E-state index is 0. The van der Waals surface area contributed by atoms with E-state index in [9.17, 15) is 13.2 Å². The maximum absolute atomic E-state index is 12.0. The zero-order valence-electron chi connectivity index (χ0n) is 13.0. The van der Waals surface area contributed by atoms with E-state index in [-0.39, 0.29) is 24.4 Å². The molecule has 0 aliphatic rings. The number of amides is 1. The first kappa shape index (κ1) is 22.0. The number of halogens is 1. The zero-order valence-corrected chi connectivity index (χ0v) is 14.6. The average molecular weight is 329 g/mol. The molecule has 2 unspecified atom stereocenters. The molecule has 0 fully saturated rings. The predicted molar refractivity (Wildman–Crippen MR) is 85.9 cm³/mol. The van der Waals surface area contributed by atoms with Crippen LogP contribution in [0, 0.1) is 0 Å². The van der Waals surface area contributed by atoms with Crippen LogP contribution >= 0.6 is 12.4 Å². The van der Waals surface area contributed by atoms with Gasteiger partial charge in [0.2, 0.25) is 5.91 Å². The van der Waals surface area contributed by atoms with Gasteiger partial charge in [0.05, 0.1) is 5.25 Å². The molecule has 0 radical (unpaired) electrons. The van der Waals surface area contributed by atoms with Crippen LogP contribution in [-0.4, -0.2) is 50.4 Å². The molecule has 0 aromatic carbocycles. The van der Waals surface area contributed by atoms with E-state index < -0.39 is 15.1 Å². The quantitative estimate of drug-likeness (QED) is 0.652. The van der Waals surface area contributed by atoms with Crippen molar-refractivity contribution < 1.29 is 13.2 Å². The topological polar surface area (TPSA) is 80.5 Å². The lowest BCUT2D eigenvalue weighted by molar-refractivity contribution is -0.131. The van der Waals surface area contributed by atoms with E-state index in [1.165, 1.54) is 6.26 Å². The van der Waals surface area contributed by atoms with Gasteiger partial charge in [0.1, 0.15) is 0 Å². The molecule has 0 saturated carbocycles. The first-order valence-corrected chi connectivity index (χ1v) is 8.81. The highest BCUT2D eigenvalue weighted by Gasteiger charge is 2.27. The lowest BCUT2D eigenvalue weighted by atomic mass is 10.1. The molecule has 0 heterocycles. The summed E-state index contributed by atoms with van der Waals surface area (Å²) < 4.78 is 23.0. The molecule has 122 valence electrons. The predicted octanol–water partition coefficient (Wildman–Crippen LogP) is 1.60. The molecule has 5 nitrogen and oxygen atoms in total. The van der Waals surface area contributed by atoms with Gasteiger partial charge < -0.3 is 10.6 Å². The van der Waals surface area contributed by atoms with Crippen molar-refractivity contribution in [2.75, 3.05) is 19.8 Å². The van der Waals surface area contributed by atoms with Gasteiger partial charge in [-0.1, -0.05) is 12.8 Å². The van der Waals surface area contributed by atoms with Crippen molar-refractivity contribution in [1.29, 1.82) is 0 Å². The second-order valence-electron chi connectivity index (χ2n) is 5.23. The van der Waals surface area contributed by atoms with E-state index in [2.05, 4.69) is 0 Å². The Morgan fingerprint density at radius 1 is 1.15 bits per heavy atom. The fraction of sp³-hybridized carbons (Fsp3) is 0.923. The van der Waals surface area contributed by atoms with E-state index in [0.29, 0.717) is 13.0 Å². The number of carbonyl (C=O) groups excluding carboxylic acids is 1. The van der Waals surface area contributed by atoms with Gasteiger partial charge in [-0.15, -0.1) is 12.4 Å². The Labute approximate surface area is 129 Å². The third-order valence-corrected chi connectivity index (χ3v) is 5.45. The highest BCUT2D eigenvalue weighted by Crippen LogP contribution is 2.12. The molecule has 1 amide bonds. The van der Waals surface area contributed by atoms with E-state index in [1.54, 1.807) is 25.8 Å². The fourth-order valence-corrected chi connectivity index (χ4v) is 2.75. The Bertz CT molecular complexity index is 374. The van der Waals surface area contributed by atoms with Crippen molar-refractivity contribution in [2.45, 2.75) is 57.2 Å². The summed E-state index contributed by atoms with van der Waals surface area (Å²) in [5.41, 5.74) is 5.40. The summed E-state index contributed by atoms with van der Waals surface area (Å²) in [6, 6.07) is -0.299. The zero-order chi connectivity index (χ0) is 15.1. The van der Waals surface area contributed by atoms with Crippen LogP contribution in [0.4, 0.5) is 0 Å². The summed E-state index contributed by atoms with van der Waals surface area (Å²) in [6.45, 7) is 4.11. The Kier molecular flexibility index (Phi) is 11.4. The first-order chi connectivity index (χ1) is 8.71. The number of hydrogen-bond acceptors (Lipinski definition) is 4. The third kappa shape index (κ3) is 8.07. The lowest BCUT2D eigenvalue weighted by Crippen LogP contribution is -2.44. The van der Waals surface area contributed by atoms with Crippen LogP contribution in [0.2, 0.25) is 0 Å². The molecule has 0 aromatic rings. The highest BCUT2D eigenvalue weighted by atomic mass is 35.5.